The Morgan fingerprint density at radius 2 is 2.04 bits per heavy atom. The normalized spacial score (nSPS) is 28.8. The van der Waals surface area contributed by atoms with Crippen molar-refractivity contribution < 1.29 is 13.2 Å². The highest BCUT2D eigenvalue weighted by Crippen LogP contribution is 2.19. The maximum absolute atomic E-state index is 11.5. The Balaban J connectivity index is 1.57. The SMILES string of the molecule is CS(=O)(=O)c1ccc(C2CNCC(OCC3NCCS3)N2)cc1. The molecule has 0 aromatic heterocycles. The first-order chi connectivity index (χ1) is 11.0. The van der Waals surface area contributed by atoms with Gasteiger partial charge in [-0.2, -0.15) is 0 Å². The molecule has 3 N–H and O–H groups in total. The van der Waals surface area contributed by atoms with E-state index in [1.807, 2.05) is 23.9 Å². The zero-order valence-electron chi connectivity index (χ0n) is 13.1. The second-order valence-electron chi connectivity index (χ2n) is 5.85. The fourth-order valence-corrected chi connectivity index (χ4v) is 4.32. The third-order valence-electron chi connectivity index (χ3n) is 4.02. The molecule has 2 saturated heterocycles. The first-order valence-corrected chi connectivity index (χ1v) is 10.7. The van der Waals surface area contributed by atoms with Gasteiger partial charge in [0.05, 0.1) is 16.9 Å². The first-order valence-electron chi connectivity index (χ1n) is 7.76. The monoisotopic (exact) mass is 357 g/mol. The zero-order chi connectivity index (χ0) is 16.3. The van der Waals surface area contributed by atoms with E-state index in [1.54, 1.807) is 12.1 Å². The Morgan fingerprint density at radius 1 is 1.26 bits per heavy atom. The van der Waals surface area contributed by atoms with E-state index in [0.717, 1.165) is 31.0 Å². The van der Waals surface area contributed by atoms with Gasteiger partial charge in [0.1, 0.15) is 6.23 Å². The lowest BCUT2D eigenvalue weighted by atomic mass is 10.1. The molecular formula is C15H23N3O3S2. The molecule has 2 fully saturated rings. The van der Waals surface area contributed by atoms with Gasteiger partial charge in [0, 0.05) is 37.7 Å². The predicted molar refractivity (Wildman–Crippen MR) is 92.3 cm³/mol. The molecule has 3 atom stereocenters. The highest BCUT2D eigenvalue weighted by molar-refractivity contribution is 8.00. The van der Waals surface area contributed by atoms with Crippen molar-refractivity contribution in [2.45, 2.75) is 22.5 Å². The van der Waals surface area contributed by atoms with Crippen LogP contribution < -0.4 is 16.0 Å². The molecule has 6 nitrogen and oxygen atoms in total. The molecule has 3 unspecified atom stereocenters. The summed E-state index contributed by atoms with van der Waals surface area (Å²) in [5, 5.41) is 10.6. The summed E-state index contributed by atoms with van der Waals surface area (Å²) in [5.74, 6) is 1.14. The van der Waals surface area contributed by atoms with Crippen LogP contribution in [-0.4, -0.2) is 58.3 Å². The van der Waals surface area contributed by atoms with E-state index in [2.05, 4.69) is 16.0 Å². The predicted octanol–water partition coefficient (Wildman–Crippen LogP) is 0.329. The lowest BCUT2D eigenvalue weighted by Gasteiger charge is -2.32. The second kappa shape index (κ2) is 7.50. The summed E-state index contributed by atoms with van der Waals surface area (Å²) < 4.78 is 29.0. The quantitative estimate of drug-likeness (QED) is 0.701. The lowest BCUT2D eigenvalue weighted by molar-refractivity contribution is 0.00786. The molecule has 0 amide bonds. The van der Waals surface area contributed by atoms with Gasteiger partial charge in [-0.25, -0.2) is 8.42 Å². The Morgan fingerprint density at radius 3 is 2.70 bits per heavy atom. The van der Waals surface area contributed by atoms with Crippen LogP contribution in [0.15, 0.2) is 29.2 Å². The number of hydrogen-bond acceptors (Lipinski definition) is 7. The van der Waals surface area contributed by atoms with Crippen molar-refractivity contribution in [1.29, 1.82) is 0 Å². The molecular weight excluding hydrogens is 334 g/mol. The van der Waals surface area contributed by atoms with Gasteiger partial charge in [0.25, 0.3) is 0 Å². The summed E-state index contributed by atoms with van der Waals surface area (Å²) in [6, 6.07) is 7.18. The summed E-state index contributed by atoms with van der Waals surface area (Å²) in [6.07, 6.45) is 1.19. The molecule has 2 aliphatic rings. The summed E-state index contributed by atoms with van der Waals surface area (Å²) >= 11 is 1.89. The van der Waals surface area contributed by atoms with Crippen LogP contribution in [0.5, 0.6) is 0 Å². The summed E-state index contributed by atoms with van der Waals surface area (Å²) in [4.78, 5) is 0.349. The van der Waals surface area contributed by atoms with Crippen molar-refractivity contribution in [3.05, 3.63) is 29.8 Å². The Hall–Kier alpha value is -0.640. The maximum Gasteiger partial charge on any atom is 0.175 e. The number of benzene rings is 1. The van der Waals surface area contributed by atoms with E-state index < -0.39 is 9.84 Å². The molecule has 0 bridgehead atoms. The Kier molecular flexibility index (Phi) is 5.61. The number of ether oxygens (including phenoxy) is 1. The number of sulfone groups is 1. The molecule has 1 aromatic carbocycles. The number of hydrogen-bond donors (Lipinski definition) is 3. The van der Waals surface area contributed by atoms with Gasteiger partial charge in [-0.1, -0.05) is 12.1 Å². The van der Waals surface area contributed by atoms with Gasteiger partial charge in [-0.3, -0.25) is 5.32 Å². The van der Waals surface area contributed by atoms with E-state index >= 15 is 0 Å². The summed E-state index contributed by atoms with van der Waals surface area (Å²) in [6.45, 7) is 3.30. The van der Waals surface area contributed by atoms with Crippen LogP contribution in [0.1, 0.15) is 11.6 Å². The van der Waals surface area contributed by atoms with Gasteiger partial charge >= 0.3 is 0 Å². The van der Waals surface area contributed by atoms with E-state index in [9.17, 15) is 8.42 Å². The summed E-state index contributed by atoms with van der Waals surface area (Å²) in [7, 11) is -3.15. The van der Waals surface area contributed by atoms with E-state index in [-0.39, 0.29) is 12.3 Å². The standard InChI is InChI=1S/C15H23N3O3S2/c1-23(19,20)12-4-2-11(3-5-12)13-8-16-9-14(18-13)21-10-15-17-6-7-22-15/h2-5,13-18H,6-10H2,1H3. The number of piperazine rings is 1. The molecule has 2 aliphatic heterocycles. The third-order valence-corrected chi connectivity index (χ3v) is 6.29. The molecule has 0 radical (unpaired) electrons. The number of nitrogens with one attached hydrogen (secondary N) is 3. The van der Waals surface area contributed by atoms with Crippen molar-refractivity contribution in [3.8, 4) is 0 Å². The Labute approximate surface area is 141 Å². The van der Waals surface area contributed by atoms with Gasteiger partial charge in [0.2, 0.25) is 0 Å². The van der Waals surface area contributed by atoms with Crippen LogP contribution in [0.3, 0.4) is 0 Å². The molecule has 1 aromatic rings. The largest absolute Gasteiger partial charge is 0.359 e. The molecule has 0 aliphatic carbocycles. The average Bonchev–Trinajstić information content (AvgIpc) is 3.06. The van der Waals surface area contributed by atoms with Gasteiger partial charge in [0.15, 0.2) is 9.84 Å². The van der Waals surface area contributed by atoms with Crippen molar-refractivity contribution in [2.75, 3.05) is 38.2 Å². The van der Waals surface area contributed by atoms with Gasteiger partial charge in [-0.15, -0.1) is 11.8 Å². The van der Waals surface area contributed by atoms with Crippen LogP contribution in [0.2, 0.25) is 0 Å². The third kappa shape index (κ3) is 4.68. The minimum atomic E-state index is -3.15. The first kappa shape index (κ1) is 17.2. The lowest BCUT2D eigenvalue weighted by Crippen LogP contribution is -2.52. The molecule has 23 heavy (non-hydrogen) atoms. The molecule has 3 rings (SSSR count). The van der Waals surface area contributed by atoms with E-state index in [1.165, 1.54) is 6.26 Å². The highest BCUT2D eigenvalue weighted by atomic mass is 32.2. The van der Waals surface area contributed by atoms with E-state index in [0.29, 0.717) is 16.9 Å². The fraction of sp³-hybridized carbons (Fsp3) is 0.600. The molecule has 128 valence electrons. The molecule has 2 heterocycles. The van der Waals surface area contributed by atoms with Crippen molar-refractivity contribution >= 4 is 21.6 Å². The summed E-state index contributed by atoms with van der Waals surface area (Å²) in [5.41, 5.74) is 1.06. The minimum absolute atomic E-state index is 0.0358. The van der Waals surface area contributed by atoms with Gasteiger partial charge in [-0.05, 0) is 17.7 Å². The van der Waals surface area contributed by atoms with Crippen molar-refractivity contribution in [3.63, 3.8) is 0 Å². The number of rotatable bonds is 5. The van der Waals surface area contributed by atoms with Crippen molar-refractivity contribution in [1.82, 2.24) is 16.0 Å². The van der Waals surface area contributed by atoms with Crippen LogP contribution in [0.25, 0.3) is 0 Å². The highest BCUT2D eigenvalue weighted by Gasteiger charge is 2.24. The average molecular weight is 358 g/mol. The fourth-order valence-electron chi connectivity index (χ4n) is 2.76. The molecule has 8 heteroatoms. The number of thioether (sulfide) groups is 1. The topological polar surface area (TPSA) is 79.5 Å². The van der Waals surface area contributed by atoms with Crippen molar-refractivity contribution in [2.24, 2.45) is 0 Å². The van der Waals surface area contributed by atoms with E-state index in [4.69, 9.17) is 4.74 Å². The molecule has 0 saturated carbocycles. The van der Waals surface area contributed by atoms with Crippen LogP contribution in [0, 0.1) is 0 Å². The smallest absolute Gasteiger partial charge is 0.175 e. The van der Waals surface area contributed by atoms with Crippen LogP contribution in [-0.2, 0) is 14.6 Å². The van der Waals surface area contributed by atoms with Gasteiger partial charge < -0.3 is 15.4 Å². The Bertz CT molecular complexity index is 615. The second-order valence-corrected chi connectivity index (χ2v) is 9.18. The maximum atomic E-state index is 11.5. The van der Waals surface area contributed by atoms with Crippen LogP contribution in [0.4, 0.5) is 0 Å². The zero-order valence-corrected chi connectivity index (χ0v) is 14.8. The van der Waals surface area contributed by atoms with Crippen LogP contribution >= 0.6 is 11.8 Å². The minimum Gasteiger partial charge on any atom is -0.359 e. The molecule has 0 spiro atoms.